The Morgan fingerprint density at radius 2 is 1.18 bits per heavy atom. The predicted molar refractivity (Wildman–Crippen MR) is 139 cm³/mol. The van der Waals surface area contributed by atoms with Crippen molar-refractivity contribution in [2.45, 2.75) is 36.6 Å². The first-order valence-corrected chi connectivity index (χ1v) is 9.05. The number of H-pyrrole nitrogens is 2. The van der Waals surface area contributed by atoms with Gasteiger partial charge in [0, 0.05) is 34.2 Å². The number of aromatic nitrogens is 2. The molecule has 2 heterocycles. The number of ether oxygens (including phenoxy) is 1. The van der Waals surface area contributed by atoms with Crippen molar-refractivity contribution in [3.63, 3.8) is 0 Å². The standard InChI is InChI=1S/C12H11NO3.C10H7NO3.4CH4/c1-2-16-12(15)9-7-13-10-6-4-3-5-8(10)11(9)14;12-9-6-3-1-2-4-8(6)11-5-7(9)10(13)14;;;;/h3-7H,2H2,1H3,(H,13,14);1-5H,(H,11,12)(H,13,14);4*1H4. The fraction of sp³-hybridized carbons (Fsp3) is 0.231. The smallest absolute Gasteiger partial charge is 0.343 e. The number of fused-ring (bicyclic) bond motifs is 2. The molecule has 4 aromatic rings. The van der Waals surface area contributed by atoms with Crippen LogP contribution < -0.4 is 10.9 Å². The fourth-order valence-corrected chi connectivity index (χ4v) is 2.85. The molecule has 0 aliphatic rings. The van der Waals surface area contributed by atoms with Gasteiger partial charge in [-0.2, -0.15) is 0 Å². The number of hydrogen-bond donors (Lipinski definition) is 3. The first kappa shape index (κ1) is 32.0. The largest absolute Gasteiger partial charge is 0.477 e. The number of carbonyl (C=O) groups is 2. The molecule has 0 bridgehead atoms. The lowest BCUT2D eigenvalue weighted by atomic mass is 10.1. The van der Waals surface area contributed by atoms with Crippen LogP contribution in [0.3, 0.4) is 0 Å². The molecule has 0 radical (unpaired) electrons. The molecular weight excluding hydrogens is 436 g/mol. The zero-order valence-corrected chi connectivity index (χ0v) is 16.0. The van der Waals surface area contributed by atoms with Crippen LogP contribution in [0.25, 0.3) is 21.8 Å². The van der Waals surface area contributed by atoms with Gasteiger partial charge >= 0.3 is 11.9 Å². The van der Waals surface area contributed by atoms with E-state index in [-0.39, 0.29) is 52.9 Å². The van der Waals surface area contributed by atoms with Crippen LogP contribution in [0.4, 0.5) is 0 Å². The third kappa shape index (κ3) is 6.65. The maximum absolute atomic E-state index is 11.9. The molecule has 3 N–H and O–H groups in total. The molecule has 8 heteroatoms. The van der Waals surface area contributed by atoms with Gasteiger partial charge in [0.2, 0.25) is 10.9 Å². The van der Waals surface area contributed by atoms with E-state index in [2.05, 4.69) is 9.97 Å². The molecule has 0 aliphatic carbocycles. The first-order chi connectivity index (χ1) is 14.4. The molecular formula is C26H34N2O6. The van der Waals surface area contributed by atoms with Gasteiger partial charge in [-0.05, 0) is 31.2 Å². The van der Waals surface area contributed by atoms with E-state index in [1.807, 2.05) is 6.07 Å². The number of para-hydroxylation sites is 2. The maximum Gasteiger partial charge on any atom is 0.343 e. The van der Waals surface area contributed by atoms with Gasteiger partial charge in [-0.3, -0.25) is 9.59 Å². The second-order valence-electron chi connectivity index (χ2n) is 6.18. The molecule has 2 aromatic heterocycles. The number of nitrogens with one attached hydrogen (secondary N) is 2. The molecule has 4 rings (SSSR count). The average Bonchev–Trinajstić information content (AvgIpc) is 2.75. The van der Waals surface area contributed by atoms with Crippen LogP contribution in [0.2, 0.25) is 0 Å². The Bertz CT molecular complexity index is 1350. The Labute approximate surface area is 199 Å². The zero-order valence-electron chi connectivity index (χ0n) is 16.0. The van der Waals surface area contributed by atoms with Crippen molar-refractivity contribution in [3.8, 4) is 0 Å². The fourth-order valence-electron chi connectivity index (χ4n) is 2.85. The maximum atomic E-state index is 11.9. The van der Waals surface area contributed by atoms with Gasteiger partial charge in [0.1, 0.15) is 11.1 Å². The van der Waals surface area contributed by atoms with Gasteiger partial charge in [0.05, 0.1) is 6.61 Å². The van der Waals surface area contributed by atoms with Crippen molar-refractivity contribution >= 4 is 33.7 Å². The SMILES string of the molecule is C.C.C.C.CCOC(=O)c1c[nH]c2ccccc2c1=O.O=C(O)c1c[nH]c2ccccc2c1=O. The second kappa shape index (κ2) is 14.1. The summed E-state index contributed by atoms with van der Waals surface area (Å²) in [4.78, 5) is 51.3. The summed E-state index contributed by atoms with van der Waals surface area (Å²) in [7, 11) is 0. The summed E-state index contributed by atoms with van der Waals surface area (Å²) in [6, 6.07) is 13.8. The molecule has 8 nitrogen and oxygen atoms in total. The highest BCUT2D eigenvalue weighted by molar-refractivity contribution is 5.93. The molecule has 0 spiro atoms. The van der Waals surface area contributed by atoms with E-state index in [9.17, 15) is 19.2 Å². The molecule has 0 saturated carbocycles. The quantitative estimate of drug-likeness (QED) is 0.340. The van der Waals surface area contributed by atoms with Crippen LogP contribution in [0, 0.1) is 0 Å². The van der Waals surface area contributed by atoms with Gasteiger partial charge in [-0.1, -0.05) is 54.0 Å². The van der Waals surface area contributed by atoms with E-state index < -0.39 is 17.4 Å². The molecule has 0 amide bonds. The summed E-state index contributed by atoms with van der Waals surface area (Å²) in [5.74, 6) is -1.80. The monoisotopic (exact) mass is 470 g/mol. The summed E-state index contributed by atoms with van der Waals surface area (Å²) in [5.41, 5.74) is 0.409. The van der Waals surface area contributed by atoms with Crippen LogP contribution in [-0.2, 0) is 4.74 Å². The number of carboxylic acid groups (broad SMARTS) is 1. The summed E-state index contributed by atoms with van der Waals surface area (Å²) >= 11 is 0. The number of pyridine rings is 2. The van der Waals surface area contributed by atoms with Crippen molar-refractivity contribution in [3.05, 3.63) is 92.5 Å². The molecule has 0 fully saturated rings. The number of aromatic amines is 2. The Balaban J connectivity index is 0. The highest BCUT2D eigenvalue weighted by Crippen LogP contribution is 2.08. The molecule has 2 aromatic carbocycles. The van der Waals surface area contributed by atoms with Crippen molar-refractivity contribution in [2.75, 3.05) is 6.61 Å². The number of rotatable bonds is 3. The minimum atomic E-state index is -1.21. The lowest BCUT2D eigenvalue weighted by molar-refractivity contribution is 0.0524. The molecule has 0 atom stereocenters. The predicted octanol–water partition coefficient (Wildman–Crippen LogP) is 5.48. The zero-order chi connectivity index (χ0) is 21.7. The summed E-state index contributed by atoms with van der Waals surface area (Å²) < 4.78 is 4.80. The first-order valence-electron chi connectivity index (χ1n) is 9.05. The number of hydrogen-bond acceptors (Lipinski definition) is 5. The second-order valence-corrected chi connectivity index (χ2v) is 6.18. The van der Waals surface area contributed by atoms with Gasteiger partial charge in [-0.25, -0.2) is 9.59 Å². The normalized spacial score (nSPS) is 9.09. The van der Waals surface area contributed by atoms with Crippen LogP contribution >= 0.6 is 0 Å². The Kier molecular flexibility index (Phi) is 13.2. The van der Waals surface area contributed by atoms with E-state index >= 15 is 0 Å². The Morgan fingerprint density at radius 1 is 0.765 bits per heavy atom. The minimum absolute atomic E-state index is 0. The van der Waals surface area contributed by atoms with E-state index in [1.54, 1.807) is 49.4 Å². The Morgan fingerprint density at radius 3 is 1.62 bits per heavy atom. The number of carbonyl (C=O) groups excluding carboxylic acids is 1. The highest BCUT2D eigenvalue weighted by Gasteiger charge is 2.13. The number of aromatic carboxylic acids is 1. The number of esters is 1. The summed E-state index contributed by atoms with van der Waals surface area (Å²) in [6.07, 6.45) is 2.61. The average molecular weight is 471 g/mol. The molecule has 34 heavy (non-hydrogen) atoms. The van der Waals surface area contributed by atoms with Crippen molar-refractivity contribution in [2.24, 2.45) is 0 Å². The van der Waals surface area contributed by atoms with Crippen molar-refractivity contribution in [1.29, 1.82) is 0 Å². The topological polar surface area (TPSA) is 129 Å². The van der Waals surface area contributed by atoms with E-state index in [1.165, 1.54) is 12.4 Å². The molecule has 0 aliphatic heterocycles. The third-order valence-corrected chi connectivity index (χ3v) is 4.30. The lowest BCUT2D eigenvalue weighted by Crippen LogP contribution is -2.17. The van der Waals surface area contributed by atoms with Crippen LogP contribution in [0.1, 0.15) is 57.3 Å². The molecule has 0 unspecified atom stereocenters. The number of carboxylic acids is 1. The van der Waals surface area contributed by atoms with Gasteiger partial charge in [0.15, 0.2) is 0 Å². The van der Waals surface area contributed by atoms with E-state index in [0.717, 1.165) is 0 Å². The number of benzene rings is 2. The third-order valence-electron chi connectivity index (χ3n) is 4.30. The molecule has 184 valence electrons. The van der Waals surface area contributed by atoms with Crippen LogP contribution in [0.5, 0.6) is 0 Å². The molecule has 0 saturated heterocycles. The van der Waals surface area contributed by atoms with Gasteiger partial charge in [0.25, 0.3) is 0 Å². The minimum Gasteiger partial charge on any atom is -0.477 e. The summed E-state index contributed by atoms with van der Waals surface area (Å²) in [5, 5.41) is 9.59. The van der Waals surface area contributed by atoms with E-state index in [4.69, 9.17) is 9.84 Å². The van der Waals surface area contributed by atoms with Crippen molar-refractivity contribution < 1.29 is 19.4 Å². The highest BCUT2D eigenvalue weighted by atomic mass is 16.5. The van der Waals surface area contributed by atoms with Crippen LogP contribution in [-0.4, -0.2) is 33.6 Å². The van der Waals surface area contributed by atoms with Gasteiger partial charge in [-0.15, -0.1) is 0 Å². The van der Waals surface area contributed by atoms with Crippen LogP contribution in [0.15, 0.2) is 70.5 Å². The van der Waals surface area contributed by atoms with Gasteiger partial charge < -0.3 is 19.8 Å². The summed E-state index contributed by atoms with van der Waals surface area (Å²) in [6.45, 7) is 1.96. The van der Waals surface area contributed by atoms with Crippen molar-refractivity contribution in [1.82, 2.24) is 9.97 Å². The van der Waals surface area contributed by atoms with E-state index in [0.29, 0.717) is 21.8 Å². The Hall–Kier alpha value is -4.20. The lowest BCUT2D eigenvalue weighted by Gasteiger charge is -2.02.